The van der Waals surface area contributed by atoms with Gasteiger partial charge in [-0.2, -0.15) is 8.42 Å². The summed E-state index contributed by atoms with van der Waals surface area (Å²) in [6, 6.07) is 12.2. The van der Waals surface area contributed by atoms with E-state index in [4.69, 9.17) is 9.32 Å². The molecular weight excluding hydrogens is 460 g/mol. The van der Waals surface area contributed by atoms with Crippen LogP contribution in [0, 0.1) is 5.92 Å². The number of anilines is 1. The van der Waals surface area contributed by atoms with Gasteiger partial charge in [0.25, 0.3) is 0 Å². The summed E-state index contributed by atoms with van der Waals surface area (Å²) in [6.45, 7) is 2.19. The minimum absolute atomic E-state index is 0.0533. The molecule has 3 aromatic rings. The number of hydrogen-bond donors (Lipinski definition) is 2. The monoisotopic (exact) mass is 486 g/mol. The Hall–Kier alpha value is -2.66. The molecule has 1 aliphatic carbocycles. The number of nitrogens with zero attached hydrogens (tertiary/aromatic N) is 2. The molecule has 3 atom stereocenters. The zero-order valence-electron chi connectivity index (χ0n) is 18.2. The van der Waals surface area contributed by atoms with Crippen LogP contribution in [0.1, 0.15) is 58.5 Å². The number of hydrogen-bond acceptors (Lipinski definition) is 8. The number of nitrogens with two attached hydrogens (primary N) is 1. The summed E-state index contributed by atoms with van der Waals surface area (Å²) in [5, 5.41) is 10.3. The molecule has 1 fully saturated rings. The Kier molecular flexibility index (Phi) is 7.18. The van der Waals surface area contributed by atoms with Gasteiger partial charge in [0, 0.05) is 18.2 Å². The highest BCUT2D eigenvalue weighted by molar-refractivity contribution is 7.84. The van der Waals surface area contributed by atoms with Crippen LogP contribution in [-0.2, 0) is 14.5 Å². The molecule has 0 radical (unpaired) electrons. The standard InChI is InChI=1S/C23H26N4O4S2/c1-15(17-5-3-2-4-6-17)18-10-21(32-13-18)22(28)20-11-25-14-26-23(20)27-19-8-7-16(9-19)12-31-33(24,29)30/h2-6,10-11,13-16,19H,7-9,12H2,1H3,(H2,24,29,30)(H,25,26,27)/t15?,16-,19?/m1/s1. The van der Waals surface area contributed by atoms with Gasteiger partial charge in [-0.1, -0.05) is 37.3 Å². The van der Waals surface area contributed by atoms with Crippen molar-refractivity contribution in [2.45, 2.75) is 38.1 Å². The first kappa shape index (κ1) is 23.5. The normalized spacial score (nSPS) is 19.3. The molecule has 0 aliphatic heterocycles. The van der Waals surface area contributed by atoms with Gasteiger partial charge >= 0.3 is 10.3 Å². The van der Waals surface area contributed by atoms with Crippen LogP contribution >= 0.6 is 11.3 Å². The molecule has 174 valence electrons. The predicted octanol–water partition coefficient (Wildman–Crippen LogP) is 3.72. The van der Waals surface area contributed by atoms with E-state index in [0.29, 0.717) is 22.7 Å². The van der Waals surface area contributed by atoms with E-state index in [1.54, 1.807) is 0 Å². The van der Waals surface area contributed by atoms with Crippen molar-refractivity contribution in [3.8, 4) is 0 Å². The van der Waals surface area contributed by atoms with Crippen molar-refractivity contribution in [1.82, 2.24) is 9.97 Å². The number of carbonyl (C=O) groups excluding carboxylic acids is 1. The Balaban J connectivity index is 1.45. The fourth-order valence-corrected chi connectivity index (χ4v) is 5.46. The quantitative estimate of drug-likeness (QED) is 0.442. The van der Waals surface area contributed by atoms with E-state index < -0.39 is 10.3 Å². The Morgan fingerprint density at radius 2 is 2.06 bits per heavy atom. The highest BCUT2D eigenvalue weighted by Gasteiger charge is 2.28. The topological polar surface area (TPSA) is 124 Å². The summed E-state index contributed by atoms with van der Waals surface area (Å²) < 4.78 is 26.8. The number of rotatable bonds is 9. The van der Waals surface area contributed by atoms with Crippen LogP contribution in [0.15, 0.2) is 54.3 Å². The van der Waals surface area contributed by atoms with Crippen LogP contribution in [-0.4, -0.2) is 36.8 Å². The van der Waals surface area contributed by atoms with Crippen molar-refractivity contribution in [2.24, 2.45) is 11.1 Å². The van der Waals surface area contributed by atoms with Gasteiger partial charge in [0.05, 0.1) is 17.0 Å². The molecule has 0 saturated heterocycles. The van der Waals surface area contributed by atoms with Gasteiger partial charge in [-0.15, -0.1) is 11.3 Å². The van der Waals surface area contributed by atoms with Gasteiger partial charge in [-0.3, -0.25) is 8.98 Å². The molecule has 2 unspecified atom stereocenters. The van der Waals surface area contributed by atoms with E-state index in [1.807, 2.05) is 29.6 Å². The maximum atomic E-state index is 13.3. The lowest BCUT2D eigenvalue weighted by molar-refractivity contribution is 0.104. The smallest absolute Gasteiger partial charge is 0.333 e. The van der Waals surface area contributed by atoms with Crippen molar-refractivity contribution >= 4 is 33.2 Å². The molecule has 0 amide bonds. The first-order chi connectivity index (χ1) is 15.8. The minimum Gasteiger partial charge on any atom is -0.367 e. The zero-order chi connectivity index (χ0) is 23.4. The third-order valence-electron chi connectivity index (χ3n) is 5.95. The second-order valence-corrected chi connectivity index (χ2v) is 10.4. The van der Waals surface area contributed by atoms with Gasteiger partial charge in [0.1, 0.15) is 12.1 Å². The molecule has 0 spiro atoms. The maximum absolute atomic E-state index is 13.3. The number of nitrogens with one attached hydrogen (secondary N) is 1. The summed E-state index contributed by atoms with van der Waals surface area (Å²) in [6.07, 6.45) is 5.26. The molecule has 33 heavy (non-hydrogen) atoms. The zero-order valence-corrected chi connectivity index (χ0v) is 19.8. The van der Waals surface area contributed by atoms with Crippen molar-refractivity contribution in [3.63, 3.8) is 0 Å². The van der Waals surface area contributed by atoms with E-state index >= 15 is 0 Å². The summed E-state index contributed by atoms with van der Waals surface area (Å²) >= 11 is 1.42. The predicted molar refractivity (Wildman–Crippen MR) is 128 cm³/mol. The van der Waals surface area contributed by atoms with Gasteiger partial charge in [-0.25, -0.2) is 15.1 Å². The summed E-state index contributed by atoms with van der Waals surface area (Å²) in [4.78, 5) is 22.3. The van der Waals surface area contributed by atoms with Crippen LogP contribution in [0.3, 0.4) is 0 Å². The van der Waals surface area contributed by atoms with E-state index in [1.165, 1.54) is 29.4 Å². The molecule has 1 aliphatic rings. The van der Waals surface area contributed by atoms with E-state index in [9.17, 15) is 13.2 Å². The molecule has 4 rings (SSSR count). The Bertz CT molecular complexity index is 1210. The van der Waals surface area contributed by atoms with Crippen molar-refractivity contribution in [2.75, 3.05) is 11.9 Å². The Morgan fingerprint density at radius 3 is 2.82 bits per heavy atom. The van der Waals surface area contributed by atoms with E-state index in [-0.39, 0.29) is 30.3 Å². The number of benzene rings is 1. The van der Waals surface area contributed by atoms with Gasteiger partial charge in [0.15, 0.2) is 0 Å². The second-order valence-electron chi connectivity index (χ2n) is 8.29. The van der Waals surface area contributed by atoms with Crippen molar-refractivity contribution in [3.05, 3.63) is 75.9 Å². The highest BCUT2D eigenvalue weighted by atomic mass is 32.2. The summed E-state index contributed by atoms with van der Waals surface area (Å²) in [7, 11) is -3.94. The van der Waals surface area contributed by atoms with Crippen LogP contribution < -0.4 is 10.5 Å². The van der Waals surface area contributed by atoms with Crippen molar-refractivity contribution < 1.29 is 17.4 Å². The molecule has 0 bridgehead atoms. The second kappa shape index (κ2) is 10.1. The van der Waals surface area contributed by atoms with Crippen LogP contribution in [0.2, 0.25) is 0 Å². The summed E-state index contributed by atoms with van der Waals surface area (Å²) in [5.74, 6) is 0.616. The molecule has 2 aromatic heterocycles. The van der Waals surface area contributed by atoms with Gasteiger partial charge < -0.3 is 5.32 Å². The lowest BCUT2D eigenvalue weighted by atomic mass is 9.95. The van der Waals surface area contributed by atoms with Crippen LogP contribution in [0.5, 0.6) is 0 Å². The molecular formula is C23H26N4O4S2. The number of ketones is 1. The Labute approximate surface area is 197 Å². The average molecular weight is 487 g/mol. The molecule has 10 heteroatoms. The number of aromatic nitrogens is 2. The fraction of sp³-hybridized carbons (Fsp3) is 0.348. The highest BCUT2D eigenvalue weighted by Crippen LogP contribution is 2.32. The fourth-order valence-electron chi connectivity index (χ4n) is 4.12. The number of thiophene rings is 1. The minimum atomic E-state index is -3.94. The van der Waals surface area contributed by atoms with Crippen LogP contribution in [0.4, 0.5) is 5.82 Å². The molecule has 3 N–H and O–H groups in total. The average Bonchev–Trinajstić information content (AvgIpc) is 3.47. The Morgan fingerprint density at radius 1 is 1.27 bits per heavy atom. The summed E-state index contributed by atoms with van der Waals surface area (Å²) in [5.41, 5.74) is 2.71. The third kappa shape index (κ3) is 6.02. The lowest BCUT2D eigenvalue weighted by Crippen LogP contribution is -2.22. The van der Waals surface area contributed by atoms with Gasteiger partial charge in [0.2, 0.25) is 5.78 Å². The van der Waals surface area contributed by atoms with E-state index in [2.05, 4.69) is 34.3 Å². The van der Waals surface area contributed by atoms with E-state index in [0.717, 1.165) is 18.4 Å². The number of carbonyl (C=O) groups is 1. The first-order valence-electron chi connectivity index (χ1n) is 10.7. The first-order valence-corrected chi connectivity index (χ1v) is 13.1. The van der Waals surface area contributed by atoms with Crippen molar-refractivity contribution in [1.29, 1.82) is 0 Å². The molecule has 2 heterocycles. The molecule has 1 aromatic carbocycles. The third-order valence-corrected chi connectivity index (χ3v) is 7.36. The van der Waals surface area contributed by atoms with Gasteiger partial charge in [-0.05, 0) is 47.8 Å². The van der Waals surface area contributed by atoms with Crippen LogP contribution in [0.25, 0.3) is 0 Å². The SMILES string of the molecule is CC(c1ccccc1)c1csc(C(=O)c2cncnc2NC2CC[C@@H](COS(N)(=O)=O)C2)c1. The molecule has 8 nitrogen and oxygen atoms in total. The molecule has 1 saturated carbocycles. The largest absolute Gasteiger partial charge is 0.367 e. The maximum Gasteiger partial charge on any atom is 0.333 e. The lowest BCUT2D eigenvalue weighted by Gasteiger charge is -2.15.